The van der Waals surface area contributed by atoms with Crippen LogP contribution in [0, 0.1) is 12.7 Å². The van der Waals surface area contributed by atoms with Crippen molar-refractivity contribution < 1.29 is 9.18 Å². The molecule has 4 nitrogen and oxygen atoms in total. The Labute approximate surface area is 108 Å². The minimum atomic E-state index is -0.715. The lowest BCUT2D eigenvalue weighted by Crippen LogP contribution is -2.16. The molecule has 0 bridgehead atoms. The normalized spacial score (nSPS) is 10.4. The number of halogens is 2. The van der Waals surface area contributed by atoms with Gasteiger partial charge >= 0.3 is 0 Å². The third-order valence-corrected chi connectivity index (χ3v) is 2.58. The average molecular weight is 266 g/mol. The summed E-state index contributed by atoms with van der Waals surface area (Å²) in [5, 5.41) is -0.00982. The molecule has 2 N–H and O–H groups in total. The minimum absolute atomic E-state index is 0.00982. The van der Waals surface area contributed by atoms with Crippen molar-refractivity contribution in [3.8, 4) is 11.3 Å². The highest BCUT2D eigenvalue weighted by atomic mass is 35.5. The third-order valence-electron chi connectivity index (χ3n) is 2.29. The zero-order valence-corrected chi connectivity index (χ0v) is 10.2. The molecule has 0 aliphatic heterocycles. The first-order valence-corrected chi connectivity index (χ1v) is 5.46. The van der Waals surface area contributed by atoms with Crippen molar-refractivity contribution in [2.75, 3.05) is 0 Å². The van der Waals surface area contributed by atoms with Gasteiger partial charge in [0, 0.05) is 11.3 Å². The summed E-state index contributed by atoms with van der Waals surface area (Å²) in [4.78, 5) is 19.0. The molecule has 2 rings (SSSR count). The number of aromatic nitrogens is 2. The smallest absolute Gasteiger partial charge is 0.286 e. The van der Waals surface area contributed by atoms with Crippen LogP contribution in [0.4, 0.5) is 4.39 Å². The lowest BCUT2D eigenvalue weighted by atomic mass is 10.1. The van der Waals surface area contributed by atoms with Gasteiger partial charge in [-0.3, -0.25) is 4.79 Å². The van der Waals surface area contributed by atoms with E-state index in [0.29, 0.717) is 17.0 Å². The van der Waals surface area contributed by atoms with E-state index in [1.807, 2.05) is 0 Å². The van der Waals surface area contributed by atoms with Crippen molar-refractivity contribution in [1.82, 2.24) is 9.97 Å². The molecule has 6 heteroatoms. The van der Waals surface area contributed by atoms with Crippen molar-refractivity contribution in [3.63, 3.8) is 0 Å². The monoisotopic (exact) mass is 265 g/mol. The van der Waals surface area contributed by atoms with E-state index in [2.05, 4.69) is 9.97 Å². The van der Waals surface area contributed by atoms with Crippen LogP contribution in [0.25, 0.3) is 11.3 Å². The van der Waals surface area contributed by atoms with Crippen LogP contribution in [0.15, 0.2) is 24.3 Å². The maximum absolute atomic E-state index is 13.1. The standard InChI is InChI=1S/C12H9ClFN3O/c1-6-4-10(17-12(16-6)11(15)18)7-2-3-9(14)8(13)5-7/h2-5H,1H3,(H2,15,18). The summed E-state index contributed by atoms with van der Waals surface area (Å²) in [6, 6.07) is 5.85. The number of hydrogen-bond donors (Lipinski definition) is 1. The van der Waals surface area contributed by atoms with E-state index in [-0.39, 0.29) is 10.8 Å². The molecule has 1 amide bonds. The molecule has 0 spiro atoms. The molecule has 0 unspecified atom stereocenters. The van der Waals surface area contributed by atoms with Gasteiger partial charge in [0.2, 0.25) is 5.82 Å². The summed E-state index contributed by atoms with van der Waals surface area (Å²) in [5.74, 6) is -1.31. The average Bonchev–Trinajstić information content (AvgIpc) is 2.31. The summed E-state index contributed by atoms with van der Waals surface area (Å²) < 4.78 is 13.1. The maximum Gasteiger partial charge on any atom is 0.286 e. The van der Waals surface area contributed by atoms with Crippen molar-refractivity contribution in [2.24, 2.45) is 5.73 Å². The van der Waals surface area contributed by atoms with Crippen LogP contribution in [0.5, 0.6) is 0 Å². The number of benzene rings is 1. The molecule has 0 atom stereocenters. The number of rotatable bonds is 2. The van der Waals surface area contributed by atoms with Gasteiger partial charge in [0.05, 0.1) is 10.7 Å². The molecule has 0 aliphatic rings. The van der Waals surface area contributed by atoms with Gasteiger partial charge in [-0.1, -0.05) is 11.6 Å². The minimum Gasteiger partial charge on any atom is -0.363 e. The zero-order valence-electron chi connectivity index (χ0n) is 9.45. The second kappa shape index (κ2) is 4.70. The number of aryl methyl sites for hydroxylation is 1. The first kappa shape index (κ1) is 12.4. The predicted octanol–water partition coefficient (Wildman–Crippen LogP) is 2.34. The second-order valence-corrected chi connectivity index (χ2v) is 4.12. The Bertz CT molecular complexity index is 631. The van der Waals surface area contributed by atoms with Gasteiger partial charge in [0.1, 0.15) is 5.82 Å². The van der Waals surface area contributed by atoms with Crippen LogP contribution in [-0.2, 0) is 0 Å². The Kier molecular flexibility index (Phi) is 3.25. The van der Waals surface area contributed by atoms with Crippen molar-refractivity contribution >= 4 is 17.5 Å². The topological polar surface area (TPSA) is 68.9 Å². The Morgan fingerprint density at radius 2 is 2.06 bits per heavy atom. The van der Waals surface area contributed by atoms with Gasteiger partial charge in [0.25, 0.3) is 5.91 Å². The molecule has 0 radical (unpaired) electrons. The summed E-state index contributed by atoms with van der Waals surface area (Å²) in [6.45, 7) is 1.71. The molecule has 0 fully saturated rings. The van der Waals surface area contributed by atoms with E-state index in [1.54, 1.807) is 13.0 Å². The van der Waals surface area contributed by atoms with E-state index >= 15 is 0 Å². The van der Waals surface area contributed by atoms with E-state index in [9.17, 15) is 9.18 Å². The maximum atomic E-state index is 13.1. The van der Waals surface area contributed by atoms with Crippen LogP contribution in [0.1, 0.15) is 16.3 Å². The van der Waals surface area contributed by atoms with Crippen LogP contribution in [-0.4, -0.2) is 15.9 Å². The van der Waals surface area contributed by atoms with Crippen molar-refractivity contribution in [1.29, 1.82) is 0 Å². The van der Waals surface area contributed by atoms with Gasteiger partial charge in [0.15, 0.2) is 0 Å². The van der Waals surface area contributed by atoms with Crippen molar-refractivity contribution in [2.45, 2.75) is 6.92 Å². The van der Waals surface area contributed by atoms with Crippen LogP contribution < -0.4 is 5.73 Å². The van der Waals surface area contributed by atoms with Crippen LogP contribution >= 0.6 is 11.6 Å². The molecule has 1 heterocycles. The molecule has 0 saturated heterocycles. The van der Waals surface area contributed by atoms with Crippen molar-refractivity contribution in [3.05, 3.63) is 46.6 Å². The highest BCUT2D eigenvalue weighted by Crippen LogP contribution is 2.23. The molecule has 2 aromatic rings. The number of nitrogens with two attached hydrogens (primary N) is 1. The van der Waals surface area contributed by atoms with E-state index in [1.165, 1.54) is 18.2 Å². The number of amides is 1. The van der Waals surface area contributed by atoms with Crippen LogP contribution in [0.3, 0.4) is 0 Å². The second-order valence-electron chi connectivity index (χ2n) is 3.71. The number of carbonyl (C=O) groups is 1. The fraction of sp³-hybridized carbons (Fsp3) is 0.0833. The molecule has 1 aromatic carbocycles. The number of carbonyl (C=O) groups excluding carboxylic acids is 1. The Morgan fingerprint density at radius 3 is 2.67 bits per heavy atom. The van der Waals surface area contributed by atoms with Crippen LogP contribution in [0.2, 0.25) is 5.02 Å². The quantitative estimate of drug-likeness (QED) is 0.906. The molecule has 1 aromatic heterocycles. The third kappa shape index (κ3) is 2.46. The van der Waals surface area contributed by atoms with E-state index in [0.717, 1.165) is 0 Å². The predicted molar refractivity (Wildman–Crippen MR) is 65.7 cm³/mol. The first-order chi connectivity index (χ1) is 8.47. The zero-order chi connectivity index (χ0) is 13.3. The number of hydrogen-bond acceptors (Lipinski definition) is 3. The molecular formula is C12H9ClFN3O. The lowest BCUT2D eigenvalue weighted by molar-refractivity contribution is 0.0990. The number of primary amides is 1. The number of nitrogens with zero attached hydrogens (tertiary/aromatic N) is 2. The fourth-order valence-corrected chi connectivity index (χ4v) is 1.66. The molecule has 0 saturated carbocycles. The highest BCUT2D eigenvalue weighted by molar-refractivity contribution is 6.31. The molecule has 92 valence electrons. The van der Waals surface area contributed by atoms with Gasteiger partial charge in [-0.05, 0) is 31.2 Å². The Hall–Kier alpha value is -2.01. The van der Waals surface area contributed by atoms with E-state index < -0.39 is 11.7 Å². The summed E-state index contributed by atoms with van der Waals surface area (Å²) in [7, 11) is 0. The van der Waals surface area contributed by atoms with Gasteiger partial charge in [-0.15, -0.1) is 0 Å². The SMILES string of the molecule is Cc1cc(-c2ccc(F)c(Cl)c2)nc(C(N)=O)n1. The van der Waals surface area contributed by atoms with E-state index in [4.69, 9.17) is 17.3 Å². The molecular weight excluding hydrogens is 257 g/mol. The van der Waals surface area contributed by atoms with Gasteiger partial charge < -0.3 is 5.73 Å². The molecule has 0 aliphatic carbocycles. The Balaban J connectivity index is 2.56. The highest BCUT2D eigenvalue weighted by Gasteiger charge is 2.10. The molecule has 18 heavy (non-hydrogen) atoms. The first-order valence-electron chi connectivity index (χ1n) is 5.08. The lowest BCUT2D eigenvalue weighted by Gasteiger charge is -2.05. The van der Waals surface area contributed by atoms with Gasteiger partial charge in [-0.2, -0.15) is 0 Å². The van der Waals surface area contributed by atoms with Gasteiger partial charge in [-0.25, -0.2) is 14.4 Å². The summed E-state index contributed by atoms with van der Waals surface area (Å²) in [6.07, 6.45) is 0. The largest absolute Gasteiger partial charge is 0.363 e. The Morgan fingerprint density at radius 1 is 1.33 bits per heavy atom. The summed E-state index contributed by atoms with van der Waals surface area (Å²) >= 11 is 5.70. The summed E-state index contributed by atoms with van der Waals surface area (Å²) in [5.41, 5.74) is 6.79. The fourth-order valence-electron chi connectivity index (χ4n) is 1.48.